The summed E-state index contributed by atoms with van der Waals surface area (Å²) in [6, 6.07) is 12.6. The van der Waals surface area contributed by atoms with Gasteiger partial charge < -0.3 is 9.80 Å². The van der Waals surface area contributed by atoms with Gasteiger partial charge in [-0.25, -0.2) is 14.4 Å². The maximum atomic E-state index is 13.6. The summed E-state index contributed by atoms with van der Waals surface area (Å²) in [5.74, 6) is 3.00. The number of rotatable bonds is 4. The first kappa shape index (κ1) is 19.4. The van der Waals surface area contributed by atoms with Crippen molar-refractivity contribution in [3.8, 4) is 0 Å². The molecule has 4 heterocycles. The summed E-state index contributed by atoms with van der Waals surface area (Å²) in [5.41, 5.74) is 2.88. The number of aryl methyl sites for hydroxylation is 1. The molecule has 158 valence electrons. The van der Waals surface area contributed by atoms with Crippen LogP contribution in [0.25, 0.3) is 5.78 Å². The molecular formula is C23H24FN7. The fraction of sp³-hybridized carbons (Fsp3) is 0.304. The number of nitrogens with zero attached hydrogens (tertiary/aromatic N) is 7. The highest BCUT2D eigenvalue weighted by atomic mass is 19.1. The van der Waals surface area contributed by atoms with Crippen molar-refractivity contribution in [3.63, 3.8) is 0 Å². The van der Waals surface area contributed by atoms with Gasteiger partial charge >= 0.3 is 0 Å². The number of aromatic nitrogens is 5. The van der Waals surface area contributed by atoms with Gasteiger partial charge in [-0.15, -0.1) is 5.10 Å². The van der Waals surface area contributed by atoms with Crippen molar-refractivity contribution in [1.82, 2.24) is 24.6 Å². The van der Waals surface area contributed by atoms with Gasteiger partial charge in [-0.3, -0.25) is 0 Å². The van der Waals surface area contributed by atoms with E-state index in [4.69, 9.17) is 5.10 Å². The number of pyridine rings is 1. The van der Waals surface area contributed by atoms with Crippen molar-refractivity contribution in [3.05, 3.63) is 77.1 Å². The molecule has 1 fully saturated rings. The standard InChI is InChI=1S/C23H24FN7/c1-16-17(2)26-23-27-20(15-18-6-5-7-19(24)14-18)28-31(23)22(16)30-12-10-29(11-13-30)21-8-3-4-9-25-21/h3-9,14H,10-13,15H2,1-2H3. The summed E-state index contributed by atoms with van der Waals surface area (Å²) in [4.78, 5) is 18.4. The molecule has 5 rings (SSSR count). The van der Waals surface area contributed by atoms with Crippen LogP contribution in [-0.2, 0) is 6.42 Å². The third-order valence-electron chi connectivity index (χ3n) is 5.78. The Bertz CT molecular complexity index is 1210. The fourth-order valence-corrected chi connectivity index (χ4v) is 4.08. The summed E-state index contributed by atoms with van der Waals surface area (Å²) in [6.45, 7) is 7.55. The SMILES string of the molecule is Cc1nc2nc(Cc3cccc(F)c3)nn2c(N2CCN(c3ccccn3)CC2)c1C. The van der Waals surface area contributed by atoms with Crippen LogP contribution in [-0.4, -0.2) is 50.7 Å². The van der Waals surface area contributed by atoms with Gasteiger partial charge in [0.15, 0.2) is 5.82 Å². The maximum absolute atomic E-state index is 13.6. The number of anilines is 2. The molecule has 8 heteroatoms. The van der Waals surface area contributed by atoms with E-state index in [1.807, 2.05) is 41.9 Å². The Morgan fingerprint density at radius 2 is 1.74 bits per heavy atom. The average molecular weight is 417 g/mol. The fourth-order valence-electron chi connectivity index (χ4n) is 4.08. The van der Waals surface area contributed by atoms with Crippen LogP contribution in [0.5, 0.6) is 0 Å². The normalized spacial score (nSPS) is 14.4. The van der Waals surface area contributed by atoms with Crippen molar-refractivity contribution in [2.45, 2.75) is 20.3 Å². The van der Waals surface area contributed by atoms with Crippen LogP contribution in [0.1, 0.15) is 22.6 Å². The summed E-state index contributed by atoms with van der Waals surface area (Å²) >= 11 is 0. The third-order valence-corrected chi connectivity index (χ3v) is 5.78. The molecule has 3 aromatic heterocycles. The molecule has 4 aromatic rings. The van der Waals surface area contributed by atoms with E-state index in [1.165, 1.54) is 12.1 Å². The molecule has 7 nitrogen and oxygen atoms in total. The lowest BCUT2D eigenvalue weighted by Gasteiger charge is -2.37. The first-order chi connectivity index (χ1) is 15.1. The molecule has 0 aliphatic carbocycles. The van der Waals surface area contributed by atoms with Crippen molar-refractivity contribution in [1.29, 1.82) is 0 Å². The van der Waals surface area contributed by atoms with Gasteiger partial charge in [0.25, 0.3) is 5.78 Å². The van der Waals surface area contributed by atoms with E-state index < -0.39 is 0 Å². The zero-order valence-corrected chi connectivity index (χ0v) is 17.7. The van der Waals surface area contributed by atoms with Crippen molar-refractivity contribution < 1.29 is 4.39 Å². The first-order valence-electron chi connectivity index (χ1n) is 10.5. The summed E-state index contributed by atoms with van der Waals surface area (Å²) in [7, 11) is 0. The van der Waals surface area contributed by atoms with Gasteiger partial charge in [0.05, 0.1) is 0 Å². The zero-order valence-electron chi connectivity index (χ0n) is 17.7. The predicted molar refractivity (Wildman–Crippen MR) is 118 cm³/mol. The highest BCUT2D eigenvalue weighted by molar-refractivity contribution is 5.55. The highest BCUT2D eigenvalue weighted by Gasteiger charge is 2.24. The van der Waals surface area contributed by atoms with E-state index in [-0.39, 0.29) is 5.82 Å². The second-order valence-corrected chi connectivity index (χ2v) is 7.85. The quantitative estimate of drug-likeness (QED) is 0.508. The molecule has 0 amide bonds. The second kappa shape index (κ2) is 7.94. The monoisotopic (exact) mass is 417 g/mol. The molecule has 0 bridgehead atoms. The van der Waals surface area contributed by atoms with Gasteiger partial charge in [0, 0.05) is 50.1 Å². The average Bonchev–Trinajstić information content (AvgIpc) is 3.17. The van der Waals surface area contributed by atoms with Gasteiger partial charge in [-0.1, -0.05) is 18.2 Å². The van der Waals surface area contributed by atoms with Crippen LogP contribution in [0, 0.1) is 19.7 Å². The van der Waals surface area contributed by atoms with Crippen LogP contribution in [0.4, 0.5) is 16.0 Å². The molecule has 0 atom stereocenters. The van der Waals surface area contributed by atoms with Crippen LogP contribution >= 0.6 is 0 Å². The number of halogens is 1. The molecule has 1 aliphatic rings. The Labute approximate surface area is 180 Å². The van der Waals surface area contributed by atoms with E-state index in [2.05, 4.69) is 31.7 Å². The van der Waals surface area contributed by atoms with Crippen molar-refractivity contribution in [2.75, 3.05) is 36.0 Å². The Kier molecular flexibility index (Phi) is 4.97. The Balaban J connectivity index is 1.44. The second-order valence-electron chi connectivity index (χ2n) is 7.85. The number of fused-ring (bicyclic) bond motifs is 1. The summed E-state index contributed by atoms with van der Waals surface area (Å²) in [6.07, 6.45) is 2.29. The molecule has 0 radical (unpaired) electrons. The molecule has 0 saturated carbocycles. The molecule has 0 spiro atoms. The lowest BCUT2D eigenvalue weighted by Crippen LogP contribution is -2.47. The van der Waals surface area contributed by atoms with Crippen LogP contribution < -0.4 is 9.80 Å². The van der Waals surface area contributed by atoms with E-state index in [0.29, 0.717) is 18.0 Å². The summed E-state index contributed by atoms with van der Waals surface area (Å²) < 4.78 is 15.4. The van der Waals surface area contributed by atoms with Gasteiger partial charge in [0.2, 0.25) is 0 Å². The molecular weight excluding hydrogens is 393 g/mol. The maximum Gasteiger partial charge on any atom is 0.254 e. The Hall–Kier alpha value is -3.55. The van der Waals surface area contributed by atoms with Crippen molar-refractivity contribution >= 4 is 17.4 Å². The molecule has 0 unspecified atom stereocenters. The minimum absolute atomic E-state index is 0.252. The molecule has 1 aliphatic heterocycles. The van der Waals surface area contributed by atoms with Crippen molar-refractivity contribution in [2.24, 2.45) is 0 Å². The summed E-state index contributed by atoms with van der Waals surface area (Å²) in [5, 5.41) is 4.74. The minimum atomic E-state index is -0.252. The van der Waals surface area contributed by atoms with Gasteiger partial charge in [-0.2, -0.15) is 9.50 Å². The van der Waals surface area contributed by atoms with Crippen LogP contribution in [0.3, 0.4) is 0 Å². The van der Waals surface area contributed by atoms with Gasteiger partial charge in [0.1, 0.15) is 17.5 Å². The van der Waals surface area contributed by atoms with Crippen LogP contribution in [0.15, 0.2) is 48.7 Å². The number of benzene rings is 1. The number of hydrogen-bond acceptors (Lipinski definition) is 6. The minimum Gasteiger partial charge on any atom is -0.353 e. The molecule has 0 N–H and O–H groups in total. The van der Waals surface area contributed by atoms with E-state index in [1.54, 1.807) is 6.07 Å². The van der Waals surface area contributed by atoms with E-state index >= 15 is 0 Å². The van der Waals surface area contributed by atoms with Gasteiger partial charge in [-0.05, 0) is 43.7 Å². The Morgan fingerprint density at radius 3 is 2.48 bits per heavy atom. The first-order valence-corrected chi connectivity index (χ1v) is 10.5. The van der Waals surface area contributed by atoms with Crippen LogP contribution in [0.2, 0.25) is 0 Å². The lowest BCUT2D eigenvalue weighted by atomic mass is 10.1. The zero-order chi connectivity index (χ0) is 21.4. The Morgan fingerprint density at radius 1 is 0.935 bits per heavy atom. The smallest absolute Gasteiger partial charge is 0.254 e. The number of piperazine rings is 1. The topological polar surface area (TPSA) is 62.5 Å². The highest BCUT2D eigenvalue weighted by Crippen LogP contribution is 2.25. The predicted octanol–water partition coefficient (Wildman–Crippen LogP) is 3.19. The largest absolute Gasteiger partial charge is 0.353 e. The lowest BCUT2D eigenvalue weighted by molar-refractivity contribution is 0.625. The molecule has 31 heavy (non-hydrogen) atoms. The number of hydrogen-bond donors (Lipinski definition) is 0. The third kappa shape index (κ3) is 3.81. The molecule has 1 aromatic carbocycles. The molecule has 1 saturated heterocycles. The van der Waals surface area contributed by atoms with E-state index in [9.17, 15) is 4.39 Å². The van der Waals surface area contributed by atoms with E-state index in [0.717, 1.165) is 54.6 Å².